The maximum Gasteiger partial charge on any atom is 0.344 e. The summed E-state index contributed by atoms with van der Waals surface area (Å²) in [6, 6.07) is 15.9. The molecule has 0 heterocycles. The summed E-state index contributed by atoms with van der Waals surface area (Å²) in [6.45, 7) is 12.0. The molecule has 37 heavy (non-hydrogen) atoms. The van der Waals surface area contributed by atoms with Crippen molar-refractivity contribution < 1.29 is 23.8 Å². The minimum atomic E-state index is -1.90. The van der Waals surface area contributed by atoms with Gasteiger partial charge in [-0.25, -0.2) is 4.79 Å². The van der Waals surface area contributed by atoms with Gasteiger partial charge in [0.1, 0.15) is 12.4 Å². The molecule has 1 N–H and O–H groups in total. The van der Waals surface area contributed by atoms with Gasteiger partial charge in [0, 0.05) is 12.7 Å². The molecule has 0 spiro atoms. The second kappa shape index (κ2) is 11.7. The van der Waals surface area contributed by atoms with Crippen molar-refractivity contribution in [1.82, 2.24) is 0 Å². The molecule has 2 aliphatic rings. The average Bonchev–Trinajstić information content (AvgIpc) is 3.18. The lowest BCUT2D eigenvalue weighted by atomic mass is 9.73. The third-order valence-electron chi connectivity index (χ3n) is 8.86. The summed E-state index contributed by atoms with van der Waals surface area (Å²) in [6.07, 6.45) is 5.09. The van der Waals surface area contributed by atoms with Crippen LogP contribution in [0.5, 0.6) is 5.75 Å². The van der Waals surface area contributed by atoms with Crippen molar-refractivity contribution in [3.63, 3.8) is 0 Å². The van der Waals surface area contributed by atoms with Crippen molar-refractivity contribution in [2.24, 2.45) is 17.8 Å². The molecule has 0 saturated heterocycles. The van der Waals surface area contributed by atoms with Crippen molar-refractivity contribution in [3.8, 4) is 5.75 Å². The van der Waals surface area contributed by atoms with E-state index < -0.39 is 8.32 Å². The summed E-state index contributed by atoms with van der Waals surface area (Å²) in [7, 11) is -1.90. The average molecular weight is 525 g/mol. The van der Waals surface area contributed by atoms with E-state index in [2.05, 4.69) is 39.9 Å². The predicted molar refractivity (Wildman–Crippen MR) is 149 cm³/mol. The van der Waals surface area contributed by atoms with Gasteiger partial charge >= 0.3 is 5.97 Å². The molecule has 1 fully saturated rings. The first-order chi connectivity index (χ1) is 17.6. The lowest BCUT2D eigenvalue weighted by Gasteiger charge is -2.40. The Balaban J connectivity index is 1.43. The first kappa shape index (κ1) is 27.9. The van der Waals surface area contributed by atoms with Crippen molar-refractivity contribution >= 4 is 14.3 Å². The van der Waals surface area contributed by atoms with E-state index in [9.17, 15) is 9.90 Å². The largest absolute Gasteiger partial charge is 0.482 e. The normalized spacial score (nSPS) is 23.3. The predicted octanol–water partition coefficient (Wildman–Crippen LogP) is 6.32. The van der Waals surface area contributed by atoms with Crippen LogP contribution in [-0.2, 0) is 33.4 Å². The van der Waals surface area contributed by atoms with Crippen LogP contribution in [0, 0.1) is 17.8 Å². The van der Waals surface area contributed by atoms with Crippen LogP contribution < -0.4 is 4.74 Å². The van der Waals surface area contributed by atoms with Gasteiger partial charge in [-0.2, -0.15) is 0 Å². The van der Waals surface area contributed by atoms with Gasteiger partial charge in [-0.1, -0.05) is 63.2 Å². The van der Waals surface area contributed by atoms with E-state index in [4.69, 9.17) is 13.9 Å². The maximum atomic E-state index is 12.4. The fraction of sp³-hybridized carbons (Fsp3) is 0.581. The maximum absolute atomic E-state index is 12.4. The Kier molecular flexibility index (Phi) is 8.82. The molecule has 5 nitrogen and oxygen atoms in total. The molecule has 4 rings (SSSR count). The molecule has 2 aliphatic carbocycles. The summed E-state index contributed by atoms with van der Waals surface area (Å²) in [4.78, 5) is 12.4. The number of benzene rings is 2. The summed E-state index contributed by atoms with van der Waals surface area (Å²) in [5, 5.41) is 9.75. The molecular weight excluding hydrogens is 480 g/mol. The van der Waals surface area contributed by atoms with Gasteiger partial charge < -0.3 is 19.0 Å². The van der Waals surface area contributed by atoms with Gasteiger partial charge in [0.2, 0.25) is 0 Å². The number of aliphatic hydroxyl groups excluding tert-OH is 1. The molecule has 6 heteroatoms. The van der Waals surface area contributed by atoms with Gasteiger partial charge in [0.25, 0.3) is 0 Å². The molecule has 1 saturated carbocycles. The third-order valence-corrected chi connectivity index (χ3v) is 13.4. The van der Waals surface area contributed by atoms with Crippen molar-refractivity contribution in [2.75, 3.05) is 13.2 Å². The van der Waals surface area contributed by atoms with E-state index in [-0.39, 0.29) is 36.9 Å². The second-order valence-corrected chi connectivity index (χ2v) is 17.1. The van der Waals surface area contributed by atoms with Gasteiger partial charge in [-0.3, -0.25) is 0 Å². The monoisotopic (exact) mass is 524 g/mol. The first-order valence-electron chi connectivity index (χ1n) is 13.8. The number of esters is 1. The molecule has 0 amide bonds. The van der Waals surface area contributed by atoms with Crippen LogP contribution in [0.2, 0.25) is 18.1 Å². The quantitative estimate of drug-likeness (QED) is 0.291. The molecule has 0 aliphatic heterocycles. The first-order valence-corrected chi connectivity index (χ1v) is 16.7. The topological polar surface area (TPSA) is 65.0 Å². The Morgan fingerprint density at radius 2 is 1.81 bits per heavy atom. The summed E-state index contributed by atoms with van der Waals surface area (Å²) in [5.74, 6) is 1.99. The number of carbonyl (C=O) groups is 1. The molecule has 202 valence electrons. The Labute approximate surface area is 223 Å². The number of hydrogen-bond acceptors (Lipinski definition) is 5. The van der Waals surface area contributed by atoms with Gasteiger partial charge in [0.05, 0.1) is 0 Å². The van der Waals surface area contributed by atoms with Crippen LogP contribution in [0.15, 0.2) is 48.5 Å². The van der Waals surface area contributed by atoms with Gasteiger partial charge in [0.15, 0.2) is 14.9 Å². The van der Waals surface area contributed by atoms with Gasteiger partial charge in [-0.05, 0) is 90.7 Å². The fourth-order valence-corrected chi connectivity index (χ4v) is 7.23. The Hall–Kier alpha value is -2.15. The number of carbonyl (C=O) groups excluding carboxylic acids is 1. The van der Waals surface area contributed by atoms with Crippen molar-refractivity contribution in [2.45, 2.75) is 83.7 Å². The smallest absolute Gasteiger partial charge is 0.344 e. The summed E-state index contributed by atoms with van der Waals surface area (Å²) in [5.41, 5.74) is 3.51. The molecule has 0 aromatic heterocycles. The lowest BCUT2D eigenvalue weighted by molar-refractivity contribution is -0.147. The highest BCUT2D eigenvalue weighted by molar-refractivity contribution is 6.74. The van der Waals surface area contributed by atoms with Gasteiger partial charge in [-0.15, -0.1) is 0 Å². The van der Waals surface area contributed by atoms with E-state index in [1.54, 1.807) is 0 Å². The van der Waals surface area contributed by atoms with E-state index in [1.807, 2.05) is 42.5 Å². The molecule has 0 bridgehead atoms. The molecule has 0 unspecified atom stereocenters. The highest BCUT2D eigenvalue weighted by atomic mass is 28.4. The molecule has 2 aromatic carbocycles. The highest BCUT2D eigenvalue weighted by Crippen LogP contribution is 2.51. The van der Waals surface area contributed by atoms with E-state index >= 15 is 0 Å². The highest BCUT2D eigenvalue weighted by Gasteiger charge is 2.49. The number of rotatable bonds is 10. The van der Waals surface area contributed by atoms with Crippen LogP contribution in [0.1, 0.15) is 56.7 Å². The van der Waals surface area contributed by atoms with Crippen LogP contribution >= 0.6 is 0 Å². The van der Waals surface area contributed by atoms with E-state index in [1.165, 1.54) is 11.1 Å². The molecular formula is C31H44O5Si. The molecule has 2 aromatic rings. The minimum Gasteiger partial charge on any atom is -0.482 e. The van der Waals surface area contributed by atoms with E-state index in [0.717, 1.165) is 43.4 Å². The summed E-state index contributed by atoms with van der Waals surface area (Å²) < 4.78 is 18.4. The Morgan fingerprint density at radius 1 is 1.05 bits per heavy atom. The van der Waals surface area contributed by atoms with Crippen molar-refractivity contribution in [1.29, 1.82) is 0 Å². The fourth-order valence-electron chi connectivity index (χ4n) is 5.85. The molecule has 0 radical (unpaired) electrons. The standard InChI is InChI=1S/C31H44O5Si/c1-31(2,3)37(4,5)36-29-19-24-18-27-23(17-26(24)25(29)14-10-16-32)13-9-15-28(27)34-21-30(33)35-20-22-11-7-6-8-12-22/h6-9,11-13,15,24-26,29,32H,10,14,16-21H2,1-5H3/t24-,25+,26-,29+/m0/s1. The van der Waals surface area contributed by atoms with Crippen molar-refractivity contribution in [3.05, 3.63) is 65.2 Å². The number of aliphatic hydroxyl groups is 1. The zero-order chi connectivity index (χ0) is 26.6. The Morgan fingerprint density at radius 3 is 2.51 bits per heavy atom. The Bertz CT molecular complexity index is 1050. The third kappa shape index (κ3) is 6.65. The zero-order valence-corrected chi connectivity index (χ0v) is 24.2. The van der Waals surface area contributed by atoms with Crippen LogP contribution in [0.4, 0.5) is 0 Å². The molecule has 4 atom stereocenters. The second-order valence-electron chi connectivity index (χ2n) is 12.3. The number of fused-ring (bicyclic) bond motifs is 2. The number of ether oxygens (including phenoxy) is 2. The minimum absolute atomic E-state index is 0.0897. The SMILES string of the molecule is CC(C)(C)[Si](C)(C)O[C@@H]1C[C@@H]2Cc3c(cccc3OCC(=O)OCc3ccccc3)C[C@@H]2[C@H]1CCCO. The van der Waals surface area contributed by atoms with E-state index in [0.29, 0.717) is 17.8 Å². The summed E-state index contributed by atoms with van der Waals surface area (Å²) >= 11 is 0. The van der Waals surface area contributed by atoms with Crippen LogP contribution in [-0.4, -0.2) is 38.7 Å². The zero-order valence-electron chi connectivity index (χ0n) is 23.2. The van der Waals surface area contributed by atoms with Crippen LogP contribution in [0.25, 0.3) is 0 Å². The number of hydrogen-bond donors (Lipinski definition) is 1. The van der Waals surface area contributed by atoms with Crippen LogP contribution in [0.3, 0.4) is 0 Å². The lowest BCUT2D eigenvalue weighted by Crippen LogP contribution is -2.45.